The third-order valence-electron chi connectivity index (χ3n) is 4.07. The molecule has 5 nitrogen and oxygen atoms in total. The highest BCUT2D eigenvalue weighted by atomic mass is 16.6. The molecular weight excluding hydrogens is 268 g/mol. The number of likely N-dealkylation sites (tertiary alicyclic amines) is 1. The van der Waals surface area contributed by atoms with Gasteiger partial charge in [0.1, 0.15) is 12.7 Å². The number of benzene rings is 1. The number of hydrogen-bond acceptors (Lipinski definition) is 3. The van der Waals surface area contributed by atoms with E-state index in [1.807, 2.05) is 24.3 Å². The molecule has 1 aromatic rings. The number of para-hydroxylation sites is 2. The van der Waals surface area contributed by atoms with E-state index in [-0.39, 0.29) is 12.0 Å². The maximum atomic E-state index is 12.0. The predicted molar refractivity (Wildman–Crippen MR) is 78.8 cm³/mol. The zero-order valence-electron chi connectivity index (χ0n) is 12.3. The Bertz CT molecular complexity index is 486. The summed E-state index contributed by atoms with van der Waals surface area (Å²) in [5.74, 6) is 1.64. The summed E-state index contributed by atoms with van der Waals surface area (Å²) in [6.07, 6.45) is 3.66. The summed E-state index contributed by atoms with van der Waals surface area (Å²) in [6.45, 7) is 3.78. The van der Waals surface area contributed by atoms with Crippen LogP contribution < -0.4 is 19.7 Å². The van der Waals surface area contributed by atoms with E-state index in [1.165, 1.54) is 24.2 Å². The van der Waals surface area contributed by atoms with Crippen molar-refractivity contribution in [3.63, 3.8) is 0 Å². The summed E-state index contributed by atoms with van der Waals surface area (Å²) < 4.78 is 11.5. The molecule has 1 saturated heterocycles. The monoisotopic (exact) mass is 291 g/mol. The Morgan fingerprint density at radius 1 is 1.19 bits per heavy atom. The van der Waals surface area contributed by atoms with Crippen molar-refractivity contribution in [2.75, 3.05) is 32.8 Å². The molecular formula is C16H23N2O3+. The van der Waals surface area contributed by atoms with Crippen LogP contribution in [0.25, 0.3) is 0 Å². The minimum atomic E-state index is -0.111. The number of piperidine rings is 1. The van der Waals surface area contributed by atoms with Gasteiger partial charge < -0.3 is 19.7 Å². The molecule has 21 heavy (non-hydrogen) atoms. The first-order valence-corrected chi connectivity index (χ1v) is 7.80. The normalized spacial score (nSPS) is 21.8. The fourth-order valence-corrected chi connectivity index (χ4v) is 2.91. The van der Waals surface area contributed by atoms with E-state index in [0.29, 0.717) is 19.7 Å². The van der Waals surface area contributed by atoms with Crippen molar-refractivity contribution in [3.05, 3.63) is 24.3 Å². The first-order valence-electron chi connectivity index (χ1n) is 7.80. The minimum Gasteiger partial charge on any atom is -0.486 e. The number of amides is 1. The molecule has 0 saturated carbocycles. The average Bonchev–Trinajstić information content (AvgIpc) is 2.54. The zero-order chi connectivity index (χ0) is 14.5. The van der Waals surface area contributed by atoms with Gasteiger partial charge in [0.2, 0.25) is 0 Å². The van der Waals surface area contributed by atoms with E-state index in [0.717, 1.165) is 24.6 Å². The summed E-state index contributed by atoms with van der Waals surface area (Å²) in [7, 11) is 0. The molecule has 2 heterocycles. The second kappa shape index (κ2) is 6.80. The highest BCUT2D eigenvalue weighted by Gasteiger charge is 2.22. The van der Waals surface area contributed by atoms with Crippen LogP contribution in [0, 0.1) is 0 Å². The van der Waals surface area contributed by atoms with E-state index in [4.69, 9.17) is 9.47 Å². The van der Waals surface area contributed by atoms with E-state index in [2.05, 4.69) is 5.32 Å². The van der Waals surface area contributed by atoms with Crippen LogP contribution in [0.2, 0.25) is 0 Å². The van der Waals surface area contributed by atoms with Gasteiger partial charge in [0, 0.05) is 0 Å². The lowest BCUT2D eigenvalue weighted by Gasteiger charge is -2.27. The molecule has 0 spiro atoms. The van der Waals surface area contributed by atoms with Crippen LogP contribution in [0.4, 0.5) is 0 Å². The van der Waals surface area contributed by atoms with Gasteiger partial charge in [-0.05, 0) is 31.4 Å². The summed E-state index contributed by atoms with van der Waals surface area (Å²) in [6, 6.07) is 7.62. The van der Waals surface area contributed by atoms with Crippen LogP contribution in [0.15, 0.2) is 24.3 Å². The summed E-state index contributed by atoms with van der Waals surface area (Å²) in [4.78, 5) is 13.4. The Hall–Kier alpha value is -1.75. The average molecular weight is 291 g/mol. The van der Waals surface area contributed by atoms with E-state index >= 15 is 0 Å². The molecule has 2 N–H and O–H groups in total. The smallest absolute Gasteiger partial charge is 0.275 e. The van der Waals surface area contributed by atoms with Crippen LogP contribution >= 0.6 is 0 Å². The fourth-order valence-electron chi connectivity index (χ4n) is 2.91. The lowest BCUT2D eigenvalue weighted by Crippen LogP contribution is -3.13. The molecule has 3 rings (SSSR count). The van der Waals surface area contributed by atoms with E-state index in [9.17, 15) is 4.79 Å². The lowest BCUT2D eigenvalue weighted by molar-refractivity contribution is -0.896. The Balaban J connectivity index is 1.42. The Morgan fingerprint density at radius 3 is 2.76 bits per heavy atom. The van der Waals surface area contributed by atoms with Gasteiger partial charge in [-0.15, -0.1) is 0 Å². The molecule has 2 aliphatic heterocycles. The van der Waals surface area contributed by atoms with Crippen molar-refractivity contribution in [1.82, 2.24) is 5.32 Å². The number of nitrogens with one attached hydrogen (secondary N) is 2. The number of quaternary nitrogens is 1. The molecule has 0 aliphatic carbocycles. The number of fused-ring (bicyclic) bond motifs is 1. The highest BCUT2D eigenvalue weighted by Crippen LogP contribution is 2.30. The maximum absolute atomic E-state index is 12.0. The van der Waals surface area contributed by atoms with E-state index in [1.54, 1.807) is 0 Å². The van der Waals surface area contributed by atoms with Crippen LogP contribution in [-0.4, -0.2) is 44.8 Å². The Kier molecular flexibility index (Phi) is 4.60. The molecule has 1 atom stereocenters. The number of carbonyl (C=O) groups is 1. The van der Waals surface area contributed by atoms with Crippen LogP contribution in [0.5, 0.6) is 11.5 Å². The van der Waals surface area contributed by atoms with Crippen molar-refractivity contribution in [2.24, 2.45) is 0 Å². The van der Waals surface area contributed by atoms with Crippen molar-refractivity contribution >= 4 is 5.91 Å². The van der Waals surface area contributed by atoms with Crippen molar-refractivity contribution < 1.29 is 19.2 Å². The molecule has 1 aromatic carbocycles. The second-order valence-electron chi connectivity index (χ2n) is 5.79. The largest absolute Gasteiger partial charge is 0.486 e. The third-order valence-corrected chi connectivity index (χ3v) is 4.07. The second-order valence-corrected chi connectivity index (χ2v) is 5.79. The van der Waals surface area contributed by atoms with Crippen LogP contribution in [0.1, 0.15) is 19.3 Å². The predicted octanol–water partition coefficient (Wildman–Crippen LogP) is 0.0114. The molecule has 1 unspecified atom stereocenters. The van der Waals surface area contributed by atoms with Crippen LogP contribution in [-0.2, 0) is 4.79 Å². The SMILES string of the molecule is O=C(C[NH+]1CCCCC1)NCC1COc2ccccc2O1. The molecule has 1 fully saturated rings. The van der Waals surface area contributed by atoms with Gasteiger partial charge in [-0.3, -0.25) is 4.79 Å². The summed E-state index contributed by atoms with van der Waals surface area (Å²) >= 11 is 0. The van der Waals surface area contributed by atoms with Gasteiger partial charge >= 0.3 is 0 Å². The fraction of sp³-hybridized carbons (Fsp3) is 0.562. The molecule has 0 bridgehead atoms. The first-order chi connectivity index (χ1) is 10.3. The van der Waals surface area contributed by atoms with E-state index < -0.39 is 0 Å². The molecule has 114 valence electrons. The van der Waals surface area contributed by atoms with Gasteiger partial charge in [0.05, 0.1) is 19.6 Å². The third kappa shape index (κ3) is 3.88. The van der Waals surface area contributed by atoms with Crippen molar-refractivity contribution in [1.29, 1.82) is 0 Å². The van der Waals surface area contributed by atoms with Gasteiger partial charge in [-0.1, -0.05) is 12.1 Å². The van der Waals surface area contributed by atoms with Crippen molar-refractivity contribution in [3.8, 4) is 11.5 Å². The summed E-state index contributed by atoms with van der Waals surface area (Å²) in [5, 5.41) is 2.97. The van der Waals surface area contributed by atoms with Crippen LogP contribution in [0.3, 0.4) is 0 Å². The Morgan fingerprint density at radius 2 is 1.95 bits per heavy atom. The van der Waals surface area contributed by atoms with Gasteiger partial charge in [-0.25, -0.2) is 0 Å². The van der Waals surface area contributed by atoms with Crippen molar-refractivity contribution in [2.45, 2.75) is 25.4 Å². The topological polar surface area (TPSA) is 52.0 Å². The maximum Gasteiger partial charge on any atom is 0.275 e. The quantitative estimate of drug-likeness (QED) is 0.822. The Labute approximate surface area is 125 Å². The molecule has 0 radical (unpaired) electrons. The zero-order valence-corrected chi connectivity index (χ0v) is 12.3. The number of carbonyl (C=O) groups excluding carboxylic acids is 1. The molecule has 0 aromatic heterocycles. The van der Waals surface area contributed by atoms with Gasteiger partial charge in [0.25, 0.3) is 5.91 Å². The molecule has 1 amide bonds. The number of ether oxygens (including phenoxy) is 2. The molecule has 5 heteroatoms. The highest BCUT2D eigenvalue weighted by molar-refractivity contribution is 5.76. The summed E-state index contributed by atoms with van der Waals surface area (Å²) in [5.41, 5.74) is 0. The van der Waals surface area contributed by atoms with Gasteiger partial charge in [-0.2, -0.15) is 0 Å². The van der Waals surface area contributed by atoms with Gasteiger partial charge in [0.15, 0.2) is 18.0 Å². The lowest BCUT2D eigenvalue weighted by atomic mass is 10.1. The molecule has 2 aliphatic rings. The first kappa shape index (κ1) is 14.2. The number of rotatable bonds is 4. The standard InChI is InChI=1S/C16H22N2O3/c19-16(11-18-8-4-1-5-9-18)17-10-13-12-20-14-6-2-3-7-15(14)21-13/h2-3,6-7,13H,1,4-5,8-12H2,(H,17,19)/p+1. The number of hydrogen-bond donors (Lipinski definition) is 2. The minimum absolute atomic E-state index is 0.106.